The third-order valence-electron chi connectivity index (χ3n) is 3.86. The molecule has 1 aromatic carbocycles. The van der Waals surface area contributed by atoms with Gasteiger partial charge >= 0.3 is 0 Å². The average molecular weight is 219 g/mol. The molecule has 2 rings (SSSR count). The second kappa shape index (κ2) is 4.56. The first-order valence-corrected chi connectivity index (χ1v) is 6.04. The molecule has 0 saturated carbocycles. The van der Waals surface area contributed by atoms with Gasteiger partial charge in [0.1, 0.15) is 0 Å². The lowest BCUT2D eigenvalue weighted by atomic mass is 9.79. The van der Waals surface area contributed by atoms with Crippen LogP contribution in [0.4, 0.5) is 0 Å². The minimum atomic E-state index is 0.0663. The number of aliphatic hydroxyl groups is 1. The number of rotatable bonds is 3. The van der Waals surface area contributed by atoms with E-state index in [1.807, 2.05) is 0 Å². The van der Waals surface area contributed by atoms with Gasteiger partial charge in [0.2, 0.25) is 0 Å². The fourth-order valence-corrected chi connectivity index (χ4v) is 2.64. The van der Waals surface area contributed by atoms with Crippen LogP contribution >= 0.6 is 0 Å². The third-order valence-corrected chi connectivity index (χ3v) is 3.86. The van der Waals surface area contributed by atoms with Gasteiger partial charge in [-0.3, -0.25) is 0 Å². The van der Waals surface area contributed by atoms with Crippen molar-refractivity contribution in [2.45, 2.75) is 26.7 Å². The summed E-state index contributed by atoms with van der Waals surface area (Å²) in [4.78, 5) is 0. The Hall–Kier alpha value is -0.860. The van der Waals surface area contributed by atoms with Crippen molar-refractivity contribution in [1.82, 2.24) is 5.32 Å². The van der Waals surface area contributed by atoms with Crippen LogP contribution in [0.2, 0.25) is 0 Å². The lowest BCUT2D eigenvalue weighted by Crippen LogP contribution is -2.31. The Morgan fingerprint density at radius 2 is 2.00 bits per heavy atom. The van der Waals surface area contributed by atoms with Gasteiger partial charge in [-0.2, -0.15) is 0 Å². The normalized spacial score (nSPS) is 24.9. The molecule has 88 valence electrons. The lowest BCUT2D eigenvalue weighted by Gasteiger charge is -2.27. The van der Waals surface area contributed by atoms with Crippen LogP contribution in [0, 0.1) is 19.3 Å². The molecule has 2 nitrogen and oxygen atoms in total. The highest BCUT2D eigenvalue weighted by molar-refractivity contribution is 5.34. The number of hydrogen-bond donors (Lipinski definition) is 2. The maximum atomic E-state index is 9.62. The molecule has 0 aromatic heterocycles. The number of nitrogens with one attached hydrogen (secondary N) is 1. The van der Waals surface area contributed by atoms with Gasteiger partial charge in [0, 0.05) is 12.0 Å². The summed E-state index contributed by atoms with van der Waals surface area (Å²) in [5.41, 5.74) is 4.18. The first-order chi connectivity index (χ1) is 7.67. The maximum Gasteiger partial charge on any atom is 0.0503 e. The number of benzene rings is 1. The van der Waals surface area contributed by atoms with E-state index in [2.05, 4.69) is 37.4 Å². The monoisotopic (exact) mass is 219 g/mol. The van der Waals surface area contributed by atoms with E-state index in [4.69, 9.17) is 0 Å². The smallest absolute Gasteiger partial charge is 0.0503 e. The minimum absolute atomic E-state index is 0.0663. The number of aliphatic hydroxyl groups excluding tert-OH is 1. The van der Waals surface area contributed by atoms with Crippen molar-refractivity contribution in [3.05, 3.63) is 34.9 Å². The SMILES string of the molecule is Cc1cccc(C)c1CC1(CO)CCNC1. The van der Waals surface area contributed by atoms with E-state index < -0.39 is 0 Å². The topological polar surface area (TPSA) is 32.3 Å². The van der Waals surface area contributed by atoms with Crippen LogP contribution < -0.4 is 5.32 Å². The Labute approximate surface area is 97.7 Å². The van der Waals surface area contributed by atoms with E-state index in [1.165, 1.54) is 16.7 Å². The molecule has 1 atom stereocenters. The van der Waals surface area contributed by atoms with Crippen molar-refractivity contribution in [1.29, 1.82) is 0 Å². The molecular formula is C14H21NO. The summed E-state index contributed by atoms with van der Waals surface area (Å²) in [5.74, 6) is 0. The van der Waals surface area contributed by atoms with Gasteiger partial charge in [0.05, 0.1) is 6.61 Å². The van der Waals surface area contributed by atoms with Crippen LogP contribution in [0.5, 0.6) is 0 Å². The average Bonchev–Trinajstić information content (AvgIpc) is 2.73. The van der Waals surface area contributed by atoms with Gasteiger partial charge in [-0.1, -0.05) is 18.2 Å². The standard InChI is InChI=1S/C14H21NO/c1-11-4-3-5-12(2)13(11)8-14(10-16)6-7-15-9-14/h3-5,15-16H,6-10H2,1-2H3. The van der Waals surface area contributed by atoms with Crippen LogP contribution in [0.25, 0.3) is 0 Å². The highest BCUT2D eigenvalue weighted by Crippen LogP contribution is 2.31. The van der Waals surface area contributed by atoms with Crippen molar-refractivity contribution in [2.24, 2.45) is 5.41 Å². The first kappa shape index (κ1) is 11.6. The first-order valence-electron chi connectivity index (χ1n) is 6.04. The highest BCUT2D eigenvalue weighted by Gasteiger charge is 2.33. The fraction of sp³-hybridized carbons (Fsp3) is 0.571. The summed E-state index contributed by atoms with van der Waals surface area (Å²) in [6.07, 6.45) is 2.08. The molecule has 0 spiro atoms. The number of aryl methyl sites for hydroxylation is 2. The van der Waals surface area contributed by atoms with Crippen molar-refractivity contribution < 1.29 is 5.11 Å². The molecule has 0 amide bonds. The van der Waals surface area contributed by atoms with Gasteiger partial charge in [0.15, 0.2) is 0 Å². The van der Waals surface area contributed by atoms with Crippen LogP contribution in [-0.4, -0.2) is 24.8 Å². The zero-order valence-corrected chi connectivity index (χ0v) is 10.2. The van der Waals surface area contributed by atoms with Crippen LogP contribution in [-0.2, 0) is 6.42 Å². The molecular weight excluding hydrogens is 198 g/mol. The summed E-state index contributed by atoms with van der Waals surface area (Å²) >= 11 is 0. The Morgan fingerprint density at radius 3 is 2.50 bits per heavy atom. The molecule has 2 N–H and O–H groups in total. The highest BCUT2D eigenvalue weighted by atomic mass is 16.3. The maximum absolute atomic E-state index is 9.62. The largest absolute Gasteiger partial charge is 0.396 e. The molecule has 0 aliphatic carbocycles. The predicted molar refractivity (Wildman–Crippen MR) is 66.6 cm³/mol. The molecule has 1 aliphatic rings. The van der Waals surface area contributed by atoms with Crippen LogP contribution in [0.3, 0.4) is 0 Å². The van der Waals surface area contributed by atoms with E-state index in [-0.39, 0.29) is 12.0 Å². The summed E-state index contributed by atoms with van der Waals surface area (Å²) in [6.45, 7) is 6.59. The second-order valence-electron chi connectivity index (χ2n) is 5.13. The van der Waals surface area contributed by atoms with Crippen molar-refractivity contribution in [2.75, 3.05) is 19.7 Å². The van der Waals surface area contributed by atoms with Crippen molar-refractivity contribution in [3.8, 4) is 0 Å². The molecule has 1 aromatic rings. The lowest BCUT2D eigenvalue weighted by molar-refractivity contribution is 0.142. The molecule has 0 radical (unpaired) electrons. The second-order valence-corrected chi connectivity index (χ2v) is 5.13. The molecule has 1 aliphatic heterocycles. The minimum Gasteiger partial charge on any atom is -0.396 e. The molecule has 1 unspecified atom stereocenters. The zero-order valence-electron chi connectivity index (χ0n) is 10.2. The third kappa shape index (κ3) is 2.13. The molecule has 2 heteroatoms. The van der Waals surface area contributed by atoms with E-state index in [9.17, 15) is 5.11 Å². The van der Waals surface area contributed by atoms with E-state index in [0.717, 1.165) is 25.9 Å². The van der Waals surface area contributed by atoms with Crippen LogP contribution in [0.1, 0.15) is 23.1 Å². The Balaban J connectivity index is 2.25. The van der Waals surface area contributed by atoms with Gasteiger partial charge in [-0.25, -0.2) is 0 Å². The fourth-order valence-electron chi connectivity index (χ4n) is 2.64. The van der Waals surface area contributed by atoms with E-state index in [1.54, 1.807) is 0 Å². The Bertz CT molecular complexity index is 347. The summed E-state index contributed by atoms with van der Waals surface area (Å²) < 4.78 is 0. The predicted octanol–water partition coefficient (Wildman–Crippen LogP) is 1.82. The number of hydrogen-bond acceptors (Lipinski definition) is 2. The van der Waals surface area contributed by atoms with E-state index >= 15 is 0 Å². The van der Waals surface area contributed by atoms with Crippen molar-refractivity contribution in [3.63, 3.8) is 0 Å². The van der Waals surface area contributed by atoms with Crippen molar-refractivity contribution >= 4 is 0 Å². The quantitative estimate of drug-likeness (QED) is 0.812. The van der Waals surface area contributed by atoms with Gasteiger partial charge in [-0.15, -0.1) is 0 Å². The molecule has 1 saturated heterocycles. The van der Waals surface area contributed by atoms with Crippen LogP contribution in [0.15, 0.2) is 18.2 Å². The summed E-state index contributed by atoms with van der Waals surface area (Å²) in [5, 5.41) is 13.0. The van der Waals surface area contributed by atoms with Gasteiger partial charge < -0.3 is 10.4 Å². The molecule has 16 heavy (non-hydrogen) atoms. The molecule has 0 bridgehead atoms. The van der Waals surface area contributed by atoms with Gasteiger partial charge in [-0.05, 0) is 49.9 Å². The Kier molecular flexibility index (Phi) is 3.31. The zero-order chi connectivity index (χ0) is 11.6. The molecule has 1 heterocycles. The summed E-state index contributed by atoms with van der Waals surface area (Å²) in [7, 11) is 0. The summed E-state index contributed by atoms with van der Waals surface area (Å²) in [6, 6.07) is 6.43. The van der Waals surface area contributed by atoms with Gasteiger partial charge in [0.25, 0.3) is 0 Å². The van der Waals surface area contributed by atoms with E-state index in [0.29, 0.717) is 0 Å². The Morgan fingerprint density at radius 1 is 1.31 bits per heavy atom. The molecule has 1 fully saturated rings.